The number of aromatic nitrogens is 1. The number of esters is 1. The van der Waals surface area contributed by atoms with Crippen LogP contribution in [-0.4, -0.2) is 43.0 Å². The zero-order valence-electron chi connectivity index (χ0n) is 23.7. The average Bonchev–Trinajstić information content (AvgIpc) is 3.37. The first kappa shape index (κ1) is 28.3. The van der Waals surface area contributed by atoms with Gasteiger partial charge in [0.25, 0.3) is 0 Å². The highest BCUT2D eigenvalue weighted by Crippen LogP contribution is 2.37. The highest BCUT2D eigenvalue weighted by molar-refractivity contribution is 7.15. The molecule has 1 saturated heterocycles. The van der Waals surface area contributed by atoms with E-state index in [0.717, 1.165) is 38.6 Å². The van der Waals surface area contributed by atoms with E-state index >= 15 is 0 Å². The van der Waals surface area contributed by atoms with Crippen molar-refractivity contribution in [1.29, 1.82) is 0 Å². The summed E-state index contributed by atoms with van der Waals surface area (Å²) in [6.07, 6.45) is 1.04. The van der Waals surface area contributed by atoms with E-state index in [1.165, 1.54) is 12.0 Å². The Kier molecular flexibility index (Phi) is 8.36. The van der Waals surface area contributed by atoms with Gasteiger partial charge in [0.2, 0.25) is 0 Å². The molecule has 1 aromatic heterocycles. The van der Waals surface area contributed by atoms with E-state index in [4.69, 9.17) is 23.8 Å². The number of carbonyl (C=O) groups is 1. The van der Waals surface area contributed by atoms with Crippen LogP contribution in [0, 0.1) is 13.8 Å². The van der Waals surface area contributed by atoms with Gasteiger partial charge >= 0.3 is 13.1 Å². The molecule has 1 atom stereocenters. The number of methoxy groups -OCH3 is 1. The predicted octanol–water partition coefficient (Wildman–Crippen LogP) is 6.01. The Morgan fingerprint density at radius 2 is 1.71 bits per heavy atom. The van der Waals surface area contributed by atoms with E-state index in [1.807, 2.05) is 25.1 Å². The smallest absolute Gasteiger partial charge is 0.493 e. The molecule has 38 heavy (non-hydrogen) atoms. The molecule has 8 heteroatoms. The van der Waals surface area contributed by atoms with Crippen LogP contribution >= 0.6 is 11.3 Å². The van der Waals surface area contributed by atoms with Crippen molar-refractivity contribution >= 4 is 29.9 Å². The number of thiazole rings is 1. The maximum absolute atomic E-state index is 11.4. The first-order valence-electron chi connectivity index (χ1n) is 13.1. The number of benzene rings is 2. The van der Waals surface area contributed by atoms with Crippen LogP contribution in [-0.2, 0) is 25.3 Å². The van der Waals surface area contributed by atoms with Crippen molar-refractivity contribution < 1.29 is 23.6 Å². The molecule has 0 spiro atoms. The molecule has 1 aliphatic heterocycles. The number of hydrogen-bond acceptors (Lipinski definition) is 7. The molecule has 0 bridgehead atoms. The number of ether oxygens (including phenoxy) is 2. The molecule has 0 aliphatic carbocycles. The normalized spacial score (nSPS) is 16.9. The van der Waals surface area contributed by atoms with Crippen molar-refractivity contribution in [3.05, 3.63) is 64.2 Å². The molecule has 1 fully saturated rings. The second-order valence-corrected chi connectivity index (χ2v) is 12.3. The molecule has 4 rings (SSSR count). The third-order valence-corrected chi connectivity index (χ3v) is 8.66. The summed E-state index contributed by atoms with van der Waals surface area (Å²) >= 11 is 1.70. The Morgan fingerprint density at radius 1 is 1.05 bits per heavy atom. The Hall–Kier alpha value is -2.68. The van der Waals surface area contributed by atoms with Crippen molar-refractivity contribution in [2.45, 2.75) is 78.4 Å². The molecule has 1 aliphatic rings. The molecule has 2 heterocycles. The van der Waals surface area contributed by atoms with Gasteiger partial charge in [0.05, 0.1) is 30.6 Å². The molecule has 202 valence electrons. The van der Waals surface area contributed by atoms with E-state index in [0.29, 0.717) is 19.4 Å². The van der Waals surface area contributed by atoms with Crippen LogP contribution in [0.4, 0.5) is 0 Å². The Labute approximate surface area is 230 Å². The Morgan fingerprint density at radius 3 is 2.32 bits per heavy atom. The van der Waals surface area contributed by atoms with Gasteiger partial charge in [-0.2, -0.15) is 0 Å². The highest BCUT2D eigenvalue weighted by Gasteiger charge is 2.51. The lowest BCUT2D eigenvalue weighted by atomic mass is 9.79. The Balaban J connectivity index is 1.38. The van der Waals surface area contributed by atoms with Gasteiger partial charge in [0, 0.05) is 22.8 Å². The van der Waals surface area contributed by atoms with Crippen LogP contribution < -0.4 is 10.2 Å². The van der Waals surface area contributed by atoms with Crippen molar-refractivity contribution in [3.8, 4) is 16.3 Å². The zero-order valence-corrected chi connectivity index (χ0v) is 24.5. The van der Waals surface area contributed by atoms with E-state index in [-0.39, 0.29) is 30.2 Å². The van der Waals surface area contributed by atoms with Gasteiger partial charge in [-0.05, 0) is 76.7 Å². The largest absolute Gasteiger partial charge is 0.494 e. The van der Waals surface area contributed by atoms with Gasteiger partial charge in [-0.1, -0.05) is 37.3 Å². The lowest BCUT2D eigenvalue weighted by molar-refractivity contribution is -0.140. The molecule has 3 aromatic rings. The van der Waals surface area contributed by atoms with Crippen molar-refractivity contribution in [3.63, 3.8) is 0 Å². The van der Waals surface area contributed by atoms with Gasteiger partial charge < -0.3 is 18.8 Å². The van der Waals surface area contributed by atoms with E-state index < -0.39 is 0 Å². The number of carbonyl (C=O) groups excluding carboxylic acids is 1. The van der Waals surface area contributed by atoms with Gasteiger partial charge in [-0.15, -0.1) is 11.3 Å². The monoisotopic (exact) mass is 535 g/mol. The van der Waals surface area contributed by atoms with Crippen LogP contribution in [0.15, 0.2) is 42.5 Å². The maximum atomic E-state index is 11.4. The molecule has 0 saturated carbocycles. The topological polar surface area (TPSA) is 66.9 Å². The number of rotatable bonds is 9. The van der Waals surface area contributed by atoms with E-state index in [2.05, 4.69) is 65.8 Å². The molecule has 2 aromatic carbocycles. The molecule has 6 nitrogen and oxygen atoms in total. The summed E-state index contributed by atoms with van der Waals surface area (Å²) in [6, 6.07) is 14.3. The van der Waals surface area contributed by atoms with Gasteiger partial charge in [0.15, 0.2) is 0 Å². The van der Waals surface area contributed by atoms with Crippen molar-refractivity contribution in [1.82, 2.24) is 4.98 Å². The fourth-order valence-corrected chi connectivity index (χ4v) is 5.47. The first-order chi connectivity index (χ1) is 17.9. The SMILES string of the molecule is COC(=O)CCc1ccc(OCC(C)c2nc(-c3ccc(B4OC(C)(C)C(C)(C)O4)cc3)sc2C)cc1C. The fraction of sp³-hybridized carbons (Fsp3) is 0.467. The minimum Gasteiger partial charge on any atom is -0.493 e. The molecule has 0 amide bonds. The fourth-order valence-electron chi connectivity index (χ4n) is 4.43. The number of hydrogen-bond donors (Lipinski definition) is 0. The lowest BCUT2D eigenvalue weighted by Gasteiger charge is -2.32. The summed E-state index contributed by atoms with van der Waals surface area (Å²) in [5, 5.41) is 0.996. The lowest BCUT2D eigenvalue weighted by Crippen LogP contribution is -2.41. The molecular formula is C30H38BNO5S. The first-order valence-corrected chi connectivity index (χ1v) is 13.9. The third kappa shape index (κ3) is 6.14. The quantitative estimate of drug-likeness (QED) is 0.247. The molecular weight excluding hydrogens is 497 g/mol. The summed E-state index contributed by atoms with van der Waals surface area (Å²) in [4.78, 5) is 17.6. The predicted molar refractivity (Wildman–Crippen MR) is 153 cm³/mol. The summed E-state index contributed by atoms with van der Waals surface area (Å²) in [7, 11) is 1.05. The van der Waals surface area contributed by atoms with Gasteiger partial charge in [-0.25, -0.2) is 4.98 Å². The highest BCUT2D eigenvalue weighted by atomic mass is 32.1. The number of aryl methyl sites for hydroxylation is 3. The second kappa shape index (κ2) is 11.2. The minimum atomic E-state index is -0.370. The summed E-state index contributed by atoms with van der Waals surface area (Å²) in [5.74, 6) is 0.767. The third-order valence-electron chi connectivity index (χ3n) is 7.62. The summed E-state index contributed by atoms with van der Waals surface area (Å²) < 4.78 is 23.2. The zero-order chi connectivity index (χ0) is 27.7. The van der Waals surface area contributed by atoms with Crippen LogP contribution in [0.25, 0.3) is 10.6 Å². The van der Waals surface area contributed by atoms with Crippen molar-refractivity contribution in [2.24, 2.45) is 0 Å². The Bertz CT molecular complexity index is 1270. The standard InChI is InChI=1S/C30H38BNO5S/c1-19-17-25(15-11-22(19)12-16-26(33)34-8)35-18-20(2)27-21(3)38-28(32-27)23-9-13-24(14-10-23)31-36-29(4,5)30(6,7)37-31/h9-11,13-15,17,20H,12,16,18H2,1-8H3. The average molecular weight is 536 g/mol. The molecule has 0 N–H and O–H groups in total. The van der Waals surface area contributed by atoms with Gasteiger partial charge in [0.1, 0.15) is 10.8 Å². The summed E-state index contributed by atoms with van der Waals surface area (Å²) in [6.45, 7) is 15.1. The van der Waals surface area contributed by atoms with Crippen LogP contribution in [0.2, 0.25) is 0 Å². The van der Waals surface area contributed by atoms with Crippen molar-refractivity contribution in [2.75, 3.05) is 13.7 Å². The van der Waals surface area contributed by atoms with Crippen LogP contribution in [0.5, 0.6) is 5.75 Å². The van der Waals surface area contributed by atoms with Crippen LogP contribution in [0.1, 0.15) is 68.7 Å². The van der Waals surface area contributed by atoms with Crippen LogP contribution in [0.3, 0.4) is 0 Å². The number of nitrogens with zero attached hydrogens (tertiary/aromatic N) is 1. The van der Waals surface area contributed by atoms with Gasteiger partial charge in [-0.3, -0.25) is 4.79 Å². The second-order valence-electron chi connectivity index (χ2n) is 11.0. The van der Waals surface area contributed by atoms with E-state index in [9.17, 15) is 4.79 Å². The maximum Gasteiger partial charge on any atom is 0.494 e. The summed E-state index contributed by atoms with van der Waals surface area (Å²) in [5.41, 5.74) is 4.66. The minimum absolute atomic E-state index is 0.142. The molecule has 1 unspecified atom stereocenters. The van der Waals surface area contributed by atoms with E-state index in [1.54, 1.807) is 11.3 Å². The molecule has 0 radical (unpaired) electrons.